The molecular formula is C13H14Cl2N2S. The van der Waals surface area contributed by atoms with E-state index in [4.69, 9.17) is 29.0 Å². The number of nitrogens with two attached hydrogens (primary N) is 1. The average molecular weight is 301 g/mol. The van der Waals surface area contributed by atoms with Crippen molar-refractivity contribution in [2.45, 2.75) is 18.9 Å². The van der Waals surface area contributed by atoms with Gasteiger partial charge in [0.25, 0.3) is 0 Å². The maximum Gasteiger partial charge on any atom is 0.0464 e. The van der Waals surface area contributed by atoms with Gasteiger partial charge in [-0.2, -0.15) is 11.3 Å². The number of benzene rings is 1. The predicted molar refractivity (Wildman–Crippen MR) is 79.2 cm³/mol. The smallest absolute Gasteiger partial charge is 0.0464 e. The quantitative estimate of drug-likeness (QED) is 0.642. The van der Waals surface area contributed by atoms with Crippen LogP contribution in [0.5, 0.6) is 0 Å². The van der Waals surface area contributed by atoms with E-state index in [1.165, 1.54) is 5.56 Å². The molecule has 96 valence electrons. The minimum absolute atomic E-state index is 0.0566. The van der Waals surface area contributed by atoms with Gasteiger partial charge in [0.2, 0.25) is 0 Å². The second-order valence-electron chi connectivity index (χ2n) is 4.09. The summed E-state index contributed by atoms with van der Waals surface area (Å²) in [5, 5.41) is 5.50. The molecule has 0 bridgehead atoms. The topological polar surface area (TPSA) is 38.0 Å². The number of halogens is 2. The second kappa shape index (κ2) is 6.55. The fraction of sp³-hybridized carbons (Fsp3) is 0.231. The first-order chi connectivity index (χ1) is 8.69. The van der Waals surface area contributed by atoms with E-state index in [0.29, 0.717) is 10.0 Å². The lowest BCUT2D eigenvalue weighted by atomic mass is 10.0. The Labute approximate surface area is 121 Å². The Balaban J connectivity index is 2.07. The van der Waals surface area contributed by atoms with Crippen LogP contribution in [-0.2, 0) is 6.42 Å². The van der Waals surface area contributed by atoms with Gasteiger partial charge in [0.15, 0.2) is 0 Å². The van der Waals surface area contributed by atoms with Gasteiger partial charge in [0.05, 0.1) is 0 Å². The lowest BCUT2D eigenvalue weighted by Gasteiger charge is -2.16. The number of hydrogen-bond donors (Lipinski definition) is 2. The highest BCUT2D eigenvalue weighted by Gasteiger charge is 2.11. The van der Waals surface area contributed by atoms with Gasteiger partial charge in [0.1, 0.15) is 0 Å². The van der Waals surface area contributed by atoms with Crippen LogP contribution in [0.1, 0.15) is 23.6 Å². The van der Waals surface area contributed by atoms with Crippen molar-refractivity contribution in [1.29, 1.82) is 0 Å². The average Bonchev–Trinajstić information content (AvgIpc) is 2.81. The van der Waals surface area contributed by atoms with Crippen LogP contribution in [0.3, 0.4) is 0 Å². The Morgan fingerprint density at radius 1 is 1.22 bits per heavy atom. The highest BCUT2D eigenvalue weighted by atomic mass is 35.5. The molecule has 1 heterocycles. The van der Waals surface area contributed by atoms with Crippen molar-refractivity contribution in [3.63, 3.8) is 0 Å². The van der Waals surface area contributed by atoms with Crippen molar-refractivity contribution in [1.82, 2.24) is 5.43 Å². The summed E-state index contributed by atoms with van der Waals surface area (Å²) in [5.41, 5.74) is 5.17. The van der Waals surface area contributed by atoms with Gasteiger partial charge < -0.3 is 0 Å². The molecule has 3 N–H and O–H groups in total. The Morgan fingerprint density at radius 3 is 2.50 bits per heavy atom. The number of thiophene rings is 1. The van der Waals surface area contributed by atoms with E-state index in [-0.39, 0.29) is 6.04 Å². The molecule has 18 heavy (non-hydrogen) atoms. The highest BCUT2D eigenvalue weighted by molar-refractivity contribution is 7.07. The molecule has 5 heteroatoms. The predicted octanol–water partition coefficient (Wildman–Crippen LogP) is 4.19. The monoisotopic (exact) mass is 300 g/mol. The zero-order valence-electron chi connectivity index (χ0n) is 9.70. The van der Waals surface area contributed by atoms with Crippen LogP contribution >= 0.6 is 34.5 Å². The van der Waals surface area contributed by atoms with Crippen LogP contribution in [-0.4, -0.2) is 0 Å². The number of aryl methyl sites for hydroxylation is 1. The molecule has 0 amide bonds. The summed E-state index contributed by atoms with van der Waals surface area (Å²) in [5.74, 6) is 5.61. The van der Waals surface area contributed by atoms with Crippen LogP contribution < -0.4 is 11.3 Å². The fourth-order valence-electron chi connectivity index (χ4n) is 1.87. The summed E-state index contributed by atoms with van der Waals surface area (Å²) < 4.78 is 0. The molecule has 0 saturated heterocycles. The molecular weight excluding hydrogens is 287 g/mol. The van der Waals surface area contributed by atoms with Gasteiger partial charge in [-0.15, -0.1) is 0 Å². The molecule has 2 rings (SSSR count). The zero-order chi connectivity index (χ0) is 13.0. The number of hydrogen-bond acceptors (Lipinski definition) is 3. The largest absolute Gasteiger partial charge is 0.271 e. The Morgan fingerprint density at radius 2 is 1.94 bits per heavy atom. The van der Waals surface area contributed by atoms with Crippen LogP contribution in [0.2, 0.25) is 10.0 Å². The maximum absolute atomic E-state index is 6.00. The molecule has 1 aromatic carbocycles. The van der Waals surface area contributed by atoms with Gasteiger partial charge in [-0.1, -0.05) is 23.2 Å². The zero-order valence-corrected chi connectivity index (χ0v) is 12.0. The SMILES string of the molecule is NNC(CCc1ccsc1)c1cc(Cl)cc(Cl)c1. The number of rotatable bonds is 5. The molecule has 2 aromatic rings. The number of hydrazine groups is 1. The molecule has 0 radical (unpaired) electrons. The van der Waals surface area contributed by atoms with Crippen LogP contribution in [0.25, 0.3) is 0 Å². The van der Waals surface area contributed by atoms with E-state index < -0.39 is 0 Å². The molecule has 1 atom stereocenters. The standard InChI is InChI=1S/C13H14Cl2N2S/c14-11-5-10(6-12(15)7-11)13(17-16)2-1-9-3-4-18-8-9/h3-8,13,17H,1-2,16H2. The molecule has 2 nitrogen and oxygen atoms in total. The van der Waals surface area contributed by atoms with Crippen LogP contribution in [0.15, 0.2) is 35.0 Å². The first-order valence-corrected chi connectivity index (χ1v) is 7.32. The maximum atomic E-state index is 6.00. The van der Waals surface area contributed by atoms with Gasteiger partial charge in [0, 0.05) is 16.1 Å². The van der Waals surface area contributed by atoms with E-state index in [1.54, 1.807) is 17.4 Å². The molecule has 0 fully saturated rings. The molecule has 1 aromatic heterocycles. The van der Waals surface area contributed by atoms with Crippen molar-refractivity contribution in [2.75, 3.05) is 0 Å². The van der Waals surface area contributed by atoms with E-state index in [0.717, 1.165) is 18.4 Å². The third kappa shape index (κ3) is 3.70. The molecule has 0 spiro atoms. The Hall–Kier alpha value is -0.580. The van der Waals surface area contributed by atoms with E-state index in [9.17, 15) is 0 Å². The summed E-state index contributed by atoms with van der Waals surface area (Å²) in [4.78, 5) is 0. The first kappa shape index (κ1) is 13.8. The lowest BCUT2D eigenvalue weighted by molar-refractivity contribution is 0.517. The third-order valence-corrected chi connectivity index (χ3v) is 3.96. The number of nitrogens with one attached hydrogen (secondary N) is 1. The highest BCUT2D eigenvalue weighted by Crippen LogP contribution is 2.26. The van der Waals surface area contributed by atoms with Crippen molar-refractivity contribution in [3.05, 3.63) is 56.2 Å². The summed E-state index contributed by atoms with van der Waals surface area (Å²) in [6, 6.07) is 7.69. The molecule has 0 saturated carbocycles. The van der Waals surface area contributed by atoms with Gasteiger partial charge >= 0.3 is 0 Å². The molecule has 0 aliphatic rings. The van der Waals surface area contributed by atoms with Gasteiger partial charge in [-0.3, -0.25) is 11.3 Å². The van der Waals surface area contributed by atoms with Crippen molar-refractivity contribution in [3.8, 4) is 0 Å². The molecule has 0 aliphatic heterocycles. The third-order valence-electron chi connectivity index (χ3n) is 2.79. The van der Waals surface area contributed by atoms with Crippen molar-refractivity contribution in [2.24, 2.45) is 5.84 Å². The van der Waals surface area contributed by atoms with Crippen molar-refractivity contribution < 1.29 is 0 Å². The minimum atomic E-state index is 0.0566. The summed E-state index contributed by atoms with van der Waals surface area (Å²) in [7, 11) is 0. The second-order valence-corrected chi connectivity index (χ2v) is 5.75. The van der Waals surface area contributed by atoms with Gasteiger partial charge in [-0.25, -0.2) is 0 Å². The molecule has 0 aliphatic carbocycles. The van der Waals surface area contributed by atoms with Gasteiger partial charge in [-0.05, 0) is 59.0 Å². The normalized spacial score (nSPS) is 12.6. The first-order valence-electron chi connectivity index (χ1n) is 5.62. The summed E-state index contributed by atoms with van der Waals surface area (Å²) >= 11 is 13.7. The van der Waals surface area contributed by atoms with E-state index >= 15 is 0 Å². The summed E-state index contributed by atoms with van der Waals surface area (Å²) in [6.45, 7) is 0. The van der Waals surface area contributed by atoms with E-state index in [2.05, 4.69) is 22.3 Å². The molecule has 1 unspecified atom stereocenters. The lowest BCUT2D eigenvalue weighted by Crippen LogP contribution is -2.28. The van der Waals surface area contributed by atoms with Crippen LogP contribution in [0.4, 0.5) is 0 Å². The fourth-order valence-corrected chi connectivity index (χ4v) is 3.11. The van der Waals surface area contributed by atoms with E-state index in [1.807, 2.05) is 12.1 Å². The Kier molecular flexibility index (Phi) is 5.03. The summed E-state index contributed by atoms with van der Waals surface area (Å²) in [6.07, 6.45) is 1.88. The Bertz CT molecular complexity index is 479. The van der Waals surface area contributed by atoms with Crippen LogP contribution in [0, 0.1) is 0 Å². The van der Waals surface area contributed by atoms with Crippen molar-refractivity contribution >= 4 is 34.5 Å². The minimum Gasteiger partial charge on any atom is -0.271 e.